The molecule has 2 rings (SSSR count). The first-order valence-electron chi connectivity index (χ1n) is 5.67. The van der Waals surface area contributed by atoms with Crippen LogP contribution in [0.1, 0.15) is 35.6 Å². The second-order valence-electron chi connectivity index (χ2n) is 4.27. The predicted molar refractivity (Wildman–Crippen MR) is 68.4 cm³/mol. The van der Waals surface area contributed by atoms with Gasteiger partial charge in [-0.05, 0) is 54.4 Å². The molecule has 1 aromatic rings. The van der Waals surface area contributed by atoms with Crippen molar-refractivity contribution in [1.29, 1.82) is 0 Å². The summed E-state index contributed by atoms with van der Waals surface area (Å²) in [4.78, 5) is 0. The van der Waals surface area contributed by atoms with E-state index in [4.69, 9.17) is 5.73 Å². The van der Waals surface area contributed by atoms with E-state index in [1.807, 2.05) is 11.8 Å². The van der Waals surface area contributed by atoms with Crippen LogP contribution >= 0.6 is 11.8 Å². The number of aryl methyl sites for hydroxylation is 2. The SMILES string of the molecule is CSCCC(N)c1ccc2c(c1)CCC2. The van der Waals surface area contributed by atoms with Crippen LogP contribution in [0.15, 0.2) is 18.2 Å². The van der Waals surface area contributed by atoms with E-state index in [-0.39, 0.29) is 6.04 Å². The van der Waals surface area contributed by atoms with Crippen molar-refractivity contribution in [1.82, 2.24) is 0 Å². The molecule has 0 saturated heterocycles. The molecular weight excluding hydrogens is 202 g/mol. The second-order valence-corrected chi connectivity index (χ2v) is 5.26. The van der Waals surface area contributed by atoms with Crippen LogP contribution in [-0.4, -0.2) is 12.0 Å². The largest absolute Gasteiger partial charge is 0.324 e. The lowest BCUT2D eigenvalue weighted by Crippen LogP contribution is -2.11. The first-order chi connectivity index (χ1) is 7.31. The fourth-order valence-electron chi connectivity index (χ4n) is 2.23. The highest BCUT2D eigenvalue weighted by Crippen LogP contribution is 2.26. The first kappa shape index (κ1) is 11.0. The van der Waals surface area contributed by atoms with E-state index < -0.39 is 0 Å². The third kappa shape index (κ3) is 2.56. The molecule has 0 bridgehead atoms. The molecule has 0 aromatic heterocycles. The maximum Gasteiger partial charge on any atom is 0.0302 e. The molecule has 0 heterocycles. The molecule has 1 nitrogen and oxygen atoms in total. The zero-order chi connectivity index (χ0) is 10.7. The number of nitrogens with two attached hydrogens (primary N) is 1. The number of hydrogen-bond acceptors (Lipinski definition) is 2. The molecule has 2 N–H and O–H groups in total. The Labute approximate surface area is 96.4 Å². The Hall–Kier alpha value is -0.470. The highest BCUT2D eigenvalue weighted by molar-refractivity contribution is 7.98. The number of thioether (sulfide) groups is 1. The summed E-state index contributed by atoms with van der Waals surface area (Å²) in [6, 6.07) is 7.04. The van der Waals surface area contributed by atoms with Crippen molar-refractivity contribution in [2.75, 3.05) is 12.0 Å². The van der Waals surface area contributed by atoms with Gasteiger partial charge in [-0.25, -0.2) is 0 Å². The Morgan fingerprint density at radius 2 is 2.13 bits per heavy atom. The third-order valence-corrected chi connectivity index (χ3v) is 3.83. The summed E-state index contributed by atoms with van der Waals surface area (Å²) in [6.45, 7) is 0. The topological polar surface area (TPSA) is 26.0 Å². The van der Waals surface area contributed by atoms with Crippen molar-refractivity contribution in [2.45, 2.75) is 31.7 Å². The van der Waals surface area contributed by atoms with Gasteiger partial charge in [0.15, 0.2) is 0 Å². The Morgan fingerprint density at radius 3 is 2.93 bits per heavy atom. The Bertz CT molecular complexity index is 335. The Morgan fingerprint density at radius 1 is 1.33 bits per heavy atom. The zero-order valence-electron chi connectivity index (χ0n) is 9.33. The van der Waals surface area contributed by atoms with Crippen molar-refractivity contribution in [3.8, 4) is 0 Å². The summed E-state index contributed by atoms with van der Waals surface area (Å²) in [6.07, 6.45) is 7.04. The molecule has 1 atom stereocenters. The molecule has 0 fully saturated rings. The number of benzene rings is 1. The maximum atomic E-state index is 6.16. The van der Waals surface area contributed by atoms with E-state index in [1.165, 1.54) is 36.0 Å². The standard InChI is InChI=1S/C13H19NS/c1-15-8-7-13(14)12-6-5-10-3-2-4-11(10)9-12/h5-6,9,13H,2-4,7-8,14H2,1H3. The molecule has 82 valence electrons. The van der Waals surface area contributed by atoms with Gasteiger partial charge in [0.25, 0.3) is 0 Å². The molecule has 1 aliphatic rings. The van der Waals surface area contributed by atoms with Crippen LogP contribution in [-0.2, 0) is 12.8 Å². The lowest BCUT2D eigenvalue weighted by molar-refractivity contribution is 0.704. The fourth-order valence-corrected chi connectivity index (χ4v) is 2.72. The summed E-state index contributed by atoms with van der Waals surface area (Å²) in [5.41, 5.74) is 10.6. The average molecular weight is 221 g/mol. The highest BCUT2D eigenvalue weighted by Gasteiger charge is 2.13. The van der Waals surface area contributed by atoms with Crippen LogP contribution in [0, 0.1) is 0 Å². The van der Waals surface area contributed by atoms with Gasteiger partial charge in [-0.2, -0.15) is 11.8 Å². The lowest BCUT2D eigenvalue weighted by atomic mass is 10.0. The minimum absolute atomic E-state index is 0.225. The van der Waals surface area contributed by atoms with Crippen LogP contribution in [0.4, 0.5) is 0 Å². The molecule has 15 heavy (non-hydrogen) atoms. The van der Waals surface area contributed by atoms with Crippen molar-refractivity contribution in [3.05, 3.63) is 34.9 Å². The molecule has 1 aliphatic carbocycles. The smallest absolute Gasteiger partial charge is 0.0302 e. The van der Waals surface area contributed by atoms with Gasteiger partial charge in [0, 0.05) is 6.04 Å². The van der Waals surface area contributed by atoms with Gasteiger partial charge >= 0.3 is 0 Å². The van der Waals surface area contributed by atoms with Gasteiger partial charge < -0.3 is 5.73 Å². The normalized spacial score (nSPS) is 16.4. The van der Waals surface area contributed by atoms with E-state index in [9.17, 15) is 0 Å². The van der Waals surface area contributed by atoms with E-state index in [1.54, 1.807) is 0 Å². The minimum atomic E-state index is 0.225. The lowest BCUT2D eigenvalue weighted by Gasteiger charge is -2.12. The minimum Gasteiger partial charge on any atom is -0.324 e. The molecule has 0 aliphatic heterocycles. The van der Waals surface area contributed by atoms with Gasteiger partial charge in [0.1, 0.15) is 0 Å². The maximum absolute atomic E-state index is 6.16. The zero-order valence-corrected chi connectivity index (χ0v) is 10.1. The van der Waals surface area contributed by atoms with Gasteiger partial charge in [0.05, 0.1) is 0 Å². The van der Waals surface area contributed by atoms with E-state index in [0.717, 1.165) is 12.2 Å². The second kappa shape index (κ2) is 5.04. The predicted octanol–water partition coefficient (Wildman–Crippen LogP) is 2.93. The van der Waals surface area contributed by atoms with Gasteiger partial charge in [-0.15, -0.1) is 0 Å². The summed E-state index contributed by atoms with van der Waals surface area (Å²) < 4.78 is 0. The molecule has 0 saturated carbocycles. The Kier molecular flexibility index (Phi) is 3.71. The number of rotatable bonds is 4. The molecule has 0 spiro atoms. The quantitative estimate of drug-likeness (QED) is 0.846. The Balaban J connectivity index is 2.08. The van der Waals surface area contributed by atoms with E-state index in [0.29, 0.717) is 0 Å². The molecule has 0 radical (unpaired) electrons. The molecular formula is C13H19NS. The van der Waals surface area contributed by atoms with Crippen molar-refractivity contribution in [2.24, 2.45) is 5.73 Å². The average Bonchev–Trinajstić information content (AvgIpc) is 2.72. The first-order valence-corrected chi connectivity index (χ1v) is 7.07. The molecule has 2 heteroatoms. The molecule has 0 amide bonds. The van der Waals surface area contributed by atoms with Crippen molar-refractivity contribution >= 4 is 11.8 Å². The van der Waals surface area contributed by atoms with Crippen LogP contribution in [0.25, 0.3) is 0 Å². The summed E-state index contributed by atoms with van der Waals surface area (Å²) in [7, 11) is 0. The monoisotopic (exact) mass is 221 g/mol. The van der Waals surface area contributed by atoms with Gasteiger partial charge in [-0.3, -0.25) is 0 Å². The number of fused-ring (bicyclic) bond motifs is 1. The number of hydrogen-bond donors (Lipinski definition) is 1. The third-order valence-electron chi connectivity index (χ3n) is 3.18. The van der Waals surface area contributed by atoms with Crippen LogP contribution < -0.4 is 5.73 Å². The summed E-state index contributed by atoms with van der Waals surface area (Å²) in [5, 5.41) is 0. The van der Waals surface area contributed by atoms with Crippen LogP contribution in [0.5, 0.6) is 0 Å². The van der Waals surface area contributed by atoms with Crippen LogP contribution in [0.3, 0.4) is 0 Å². The summed E-state index contributed by atoms with van der Waals surface area (Å²) in [5.74, 6) is 1.15. The van der Waals surface area contributed by atoms with Crippen LogP contribution in [0.2, 0.25) is 0 Å². The van der Waals surface area contributed by atoms with Gasteiger partial charge in [0.2, 0.25) is 0 Å². The van der Waals surface area contributed by atoms with Gasteiger partial charge in [-0.1, -0.05) is 18.2 Å². The molecule has 1 aromatic carbocycles. The summed E-state index contributed by atoms with van der Waals surface area (Å²) >= 11 is 1.87. The van der Waals surface area contributed by atoms with E-state index in [2.05, 4.69) is 24.5 Å². The van der Waals surface area contributed by atoms with Crippen molar-refractivity contribution < 1.29 is 0 Å². The van der Waals surface area contributed by atoms with Crippen molar-refractivity contribution in [3.63, 3.8) is 0 Å². The molecule has 1 unspecified atom stereocenters. The van der Waals surface area contributed by atoms with E-state index >= 15 is 0 Å². The highest BCUT2D eigenvalue weighted by atomic mass is 32.2. The fraction of sp³-hybridized carbons (Fsp3) is 0.538.